The maximum absolute atomic E-state index is 11.4. The van der Waals surface area contributed by atoms with Gasteiger partial charge in [0.2, 0.25) is 0 Å². The first-order valence-corrected chi connectivity index (χ1v) is 7.85. The van der Waals surface area contributed by atoms with E-state index >= 15 is 0 Å². The highest BCUT2D eigenvalue weighted by atomic mass is 32.2. The predicted octanol–water partition coefficient (Wildman–Crippen LogP) is 1.15. The van der Waals surface area contributed by atoms with E-state index in [9.17, 15) is 5.11 Å². The number of rotatable bonds is 3. The third kappa shape index (κ3) is 5.24. The maximum atomic E-state index is 11.4. The topological polar surface area (TPSA) is 47.9 Å². The molecule has 1 saturated heterocycles. The summed E-state index contributed by atoms with van der Waals surface area (Å²) in [6, 6.07) is 0. The zero-order chi connectivity index (χ0) is 13.8. The fourth-order valence-corrected chi connectivity index (χ4v) is 3.43. The van der Waals surface area contributed by atoms with Crippen molar-refractivity contribution in [3.63, 3.8) is 0 Å². The van der Waals surface area contributed by atoms with Crippen molar-refractivity contribution in [2.75, 3.05) is 24.6 Å². The lowest BCUT2D eigenvalue weighted by Crippen LogP contribution is -2.37. The van der Waals surface area contributed by atoms with E-state index in [2.05, 4.69) is 22.5 Å². The largest absolute Gasteiger partial charge is 0.595 e. The van der Waals surface area contributed by atoms with Crippen LogP contribution in [0.4, 0.5) is 0 Å². The summed E-state index contributed by atoms with van der Waals surface area (Å²) in [7, 11) is 0. The molecule has 0 aromatic heterocycles. The molecular weight excluding hydrogens is 288 g/mol. The Hall–Kier alpha value is -0.140. The molecule has 0 aromatic rings. The molecule has 1 fully saturated rings. The summed E-state index contributed by atoms with van der Waals surface area (Å²) in [5, 5.41) is 11.7. The lowest BCUT2D eigenvalue weighted by molar-refractivity contribution is -0.260. The average molecular weight is 307 g/mol. The standard InChI is InChI=1S/C11H20N2O2S3/c1-11(2,3)15-10(14)12-6-8(17)13-4-5-18-9(13)7-16/h9,16H,4-7H2,1-3H3,(H,12,14)/p-1/t9-/m1/s1. The average Bonchev–Trinajstić information content (AvgIpc) is 2.71. The van der Waals surface area contributed by atoms with Gasteiger partial charge in [-0.15, -0.1) is 11.8 Å². The number of hydrogen-bond acceptors (Lipinski definition) is 6. The highest BCUT2D eigenvalue weighted by Crippen LogP contribution is 2.24. The van der Waals surface area contributed by atoms with Gasteiger partial charge in [0.25, 0.3) is 0 Å². The zero-order valence-electron chi connectivity index (χ0n) is 10.9. The first-order valence-electron chi connectivity index (χ1n) is 5.76. The van der Waals surface area contributed by atoms with E-state index in [1.807, 2.05) is 32.5 Å². The molecular formula is C11H19N2O2S3-. The van der Waals surface area contributed by atoms with Gasteiger partial charge in [-0.2, -0.15) is 12.6 Å². The van der Waals surface area contributed by atoms with Gasteiger partial charge in [0.15, 0.2) is 0 Å². The fourth-order valence-electron chi connectivity index (χ4n) is 1.47. The van der Waals surface area contributed by atoms with Gasteiger partial charge in [-0.3, -0.25) is 4.99 Å². The van der Waals surface area contributed by atoms with Gasteiger partial charge >= 0.3 is 0 Å². The summed E-state index contributed by atoms with van der Waals surface area (Å²) in [6.07, 6.45) is -0.556. The number of nitrogens with zero attached hydrogens (tertiary/aromatic N) is 2. The van der Waals surface area contributed by atoms with Crippen LogP contribution in [0.1, 0.15) is 20.8 Å². The minimum atomic E-state index is -0.556. The van der Waals surface area contributed by atoms with Gasteiger partial charge in [-0.25, -0.2) is 0 Å². The molecule has 1 aliphatic rings. The third-order valence-corrected chi connectivity index (χ3v) is 4.38. The summed E-state index contributed by atoms with van der Waals surface area (Å²) in [5.74, 6) is 1.79. The second-order valence-electron chi connectivity index (χ2n) is 4.89. The van der Waals surface area contributed by atoms with E-state index in [1.54, 1.807) is 0 Å². The molecule has 1 aliphatic heterocycles. The molecule has 1 atom stereocenters. The molecule has 18 heavy (non-hydrogen) atoms. The number of thiocarbonyl (C=S) groups is 1. The number of thiol groups is 1. The van der Waals surface area contributed by atoms with Gasteiger partial charge in [0.05, 0.1) is 11.9 Å². The second kappa shape index (κ2) is 6.86. The monoisotopic (exact) mass is 307 g/mol. The molecule has 0 N–H and O–H groups in total. The first kappa shape index (κ1) is 15.9. The Kier molecular flexibility index (Phi) is 6.07. The number of ether oxygens (including phenoxy) is 1. The van der Waals surface area contributed by atoms with Crippen LogP contribution in [0.5, 0.6) is 0 Å². The summed E-state index contributed by atoms with van der Waals surface area (Å²) in [6.45, 7) is 6.56. The van der Waals surface area contributed by atoms with Crippen molar-refractivity contribution < 1.29 is 9.84 Å². The lowest BCUT2D eigenvalue weighted by atomic mass is 10.2. The van der Waals surface area contributed by atoms with E-state index in [-0.39, 0.29) is 6.54 Å². The van der Waals surface area contributed by atoms with Crippen molar-refractivity contribution >= 4 is 47.7 Å². The minimum absolute atomic E-state index is 0.217. The molecule has 7 heteroatoms. The van der Waals surface area contributed by atoms with Crippen molar-refractivity contribution in [2.24, 2.45) is 4.99 Å². The molecule has 4 nitrogen and oxygen atoms in total. The quantitative estimate of drug-likeness (QED) is 0.367. The number of thioether (sulfide) groups is 1. The molecule has 1 rings (SSSR count). The summed E-state index contributed by atoms with van der Waals surface area (Å²) >= 11 is 11.4. The number of aliphatic imine (C=N–C) groups is 1. The minimum Gasteiger partial charge on any atom is -0.595 e. The molecule has 0 aromatic carbocycles. The molecule has 0 unspecified atom stereocenters. The summed E-state index contributed by atoms with van der Waals surface area (Å²) in [4.78, 5) is 6.61. The van der Waals surface area contributed by atoms with Crippen molar-refractivity contribution in [3.8, 4) is 0 Å². The van der Waals surface area contributed by atoms with E-state index in [1.165, 1.54) is 0 Å². The normalized spacial score (nSPS) is 21.2. The second-order valence-corrected chi connectivity index (χ2v) is 7.01. The van der Waals surface area contributed by atoms with Crippen LogP contribution in [0.3, 0.4) is 0 Å². The first-order chi connectivity index (χ1) is 8.33. The van der Waals surface area contributed by atoms with Crippen LogP contribution in [0, 0.1) is 0 Å². The predicted molar refractivity (Wildman–Crippen MR) is 82.5 cm³/mol. The molecule has 0 radical (unpaired) electrons. The maximum Gasteiger partial charge on any atom is 0.146 e. The van der Waals surface area contributed by atoms with Crippen LogP contribution >= 0.6 is 36.6 Å². The molecule has 0 saturated carbocycles. The fraction of sp³-hybridized carbons (Fsp3) is 0.818. The Morgan fingerprint density at radius 2 is 2.28 bits per heavy atom. The molecule has 104 valence electrons. The summed E-state index contributed by atoms with van der Waals surface area (Å²) in [5.41, 5.74) is -0.515. The van der Waals surface area contributed by atoms with Crippen LogP contribution in [0.15, 0.2) is 4.99 Å². The highest BCUT2D eigenvalue weighted by molar-refractivity contribution is 8.00. The van der Waals surface area contributed by atoms with Crippen LogP contribution in [0.2, 0.25) is 0 Å². The van der Waals surface area contributed by atoms with Crippen LogP contribution < -0.4 is 5.11 Å². The van der Waals surface area contributed by atoms with Crippen LogP contribution in [-0.2, 0) is 4.74 Å². The van der Waals surface area contributed by atoms with E-state index in [0.717, 1.165) is 18.1 Å². The Morgan fingerprint density at radius 1 is 1.61 bits per heavy atom. The van der Waals surface area contributed by atoms with Crippen molar-refractivity contribution in [1.82, 2.24) is 4.90 Å². The third-order valence-electron chi connectivity index (χ3n) is 2.20. The van der Waals surface area contributed by atoms with E-state index < -0.39 is 11.7 Å². The van der Waals surface area contributed by atoms with Crippen LogP contribution in [0.25, 0.3) is 0 Å². The van der Waals surface area contributed by atoms with Gasteiger partial charge in [0, 0.05) is 23.7 Å². The summed E-state index contributed by atoms with van der Waals surface area (Å²) < 4.78 is 5.10. The zero-order valence-corrected chi connectivity index (χ0v) is 13.4. The van der Waals surface area contributed by atoms with Crippen molar-refractivity contribution in [1.29, 1.82) is 0 Å². The number of hydrogen-bond donors (Lipinski definition) is 1. The Labute approximate surface area is 124 Å². The molecule has 0 bridgehead atoms. The van der Waals surface area contributed by atoms with E-state index in [4.69, 9.17) is 17.0 Å². The highest BCUT2D eigenvalue weighted by Gasteiger charge is 2.25. The van der Waals surface area contributed by atoms with E-state index in [0.29, 0.717) is 10.4 Å². The molecule has 1 heterocycles. The van der Waals surface area contributed by atoms with Gasteiger partial charge in [-0.05, 0) is 0 Å². The van der Waals surface area contributed by atoms with Crippen molar-refractivity contribution in [3.05, 3.63) is 0 Å². The Morgan fingerprint density at radius 3 is 2.83 bits per heavy atom. The smallest absolute Gasteiger partial charge is 0.146 e. The Balaban J connectivity index is 2.47. The molecule has 0 aliphatic carbocycles. The van der Waals surface area contributed by atoms with Crippen LogP contribution in [-0.4, -0.2) is 51.5 Å². The molecule has 0 amide bonds. The lowest BCUT2D eigenvalue weighted by Gasteiger charge is -2.30. The Bertz CT molecular complexity index is 329. The SMILES string of the molecule is CC(C)(C)OC([O-])=NCC(=S)N1CCS[C@@H]1CS. The van der Waals surface area contributed by atoms with Gasteiger partial charge < -0.3 is 14.7 Å². The van der Waals surface area contributed by atoms with Crippen molar-refractivity contribution in [2.45, 2.75) is 31.7 Å². The molecule has 0 spiro atoms. The van der Waals surface area contributed by atoms with Gasteiger partial charge in [0.1, 0.15) is 11.1 Å². The van der Waals surface area contributed by atoms with Gasteiger partial charge in [-0.1, -0.05) is 33.0 Å².